The molecule has 0 saturated carbocycles. The molecule has 7 nitrogen and oxygen atoms in total. The molecule has 3 heterocycles. The van der Waals surface area contributed by atoms with Crippen molar-refractivity contribution in [1.29, 1.82) is 0 Å². The number of anilines is 2. The number of carbonyl (C=O) groups is 1. The molecule has 3 aromatic rings. The molecular formula is C21H21ClFN5O2S2. The zero-order valence-electron chi connectivity index (χ0n) is 17.1. The van der Waals surface area contributed by atoms with E-state index in [1.54, 1.807) is 6.08 Å². The van der Waals surface area contributed by atoms with Crippen LogP contribution in [0.3, 0.4) is 0 Å². The lowest BCUT2D eigenvalue weighted by Gasteiger charge is -2.25. The molecule has 1 saturated heterocycles. The predicted octanol–water partition coefficient (Wildman–Crippen LogP) is 4.55. The van der Waals surface area contributed by atoms with Crippen molar-refractivity contribution < 1.29 is 9.18 Å². The highest BCUT2D eigenvalue weighted by molar-refractivity contribution is 7.99. The molecular weight excluding hydrogens is 473 g/mol. The van der Waals surface area contributed by atoms with Gasteiger partial charge in [0.2, 0.25) is 5.91 Å². The Kier molecular flexibility index (Phi) is 7.12. The highest BCUT2D eigenvalue weighted by atomic mass is 35.5. The molecule has 11 heteroatoms. The fraction of sp³-hybridized carbons (Fsp3) is 0.333. The number of fused-ring (bicyclic) bond motifs is 1. The first-order valence-corrected chi connectivity index (χ1v) is 12.3. The van der Waals surface area contributed by atoms with Gasteiger partial charge in [0.25, 0.3) is 5.56 Å². The normalized spacial score (nSPS) is 14.0. The van der Waals surface area contributed by atoms with Gasteiger partial charge in [-0.2, -0.15) is 4.98 Å². The summed E-state index contributed by atoms with van der Waals surface area (Å²) < 4.78 is 15.3. The Bertz CT molecular complexity index is 1220. The smallest absolute Gasteiger partial charge is 0.274 e. The summed E-state index contributed by atoms with van der Waals surface area (Å²) in [5, 5.41) is 3.79. The Morgan fingerprint density at radius 3 is 2.81 bits per heavy atom. The van der Waals surface area contributed by atoms with Crippen LogP contribution in [0.5, 0.6) is 0 Å². The largest absolute Gasteiger partial charge is 0.348 e. The van der Waals surface area contributed by atoms with Gasteiger partial charge in [0, 0.05) is 25.3 Å². The van der Waals surface area contributed by atoms with Crippen LogP contribution in [0.1, 0.15) is 19.3 Å². The number of nitrogens with one attached hydrogen (secondary N) is 1. The second-order valence-electron chi connectivity index (χ2n) is 7.26. The van der Waals surface area contributed by atoms with Crippen molar-refractivity contribution in [3.05, 3.63) is 52.0 Å². The van der Waals surface area contributed by atoms with Crippen LogP contribution >= 0.6 is 34.7 Å². The molecule has 0 spiro atoms. The molecule has 1 amide bonds. The van der Waals surface area contributed by atoms with E-state index in [0.29, 0.717) is 21.2 Å². The zero-order valence-corrected chi connectivity index (χ0v) is 19.5. The van der Waals surface area contributed by atoms with Crippen molar-refractivity contribution in [2.45, 2.75) is 31.0 Å². The Morgan fingerprint density at radius 1 is 1.31 bits per heavy atom. The van der Waals surface area contributed by atoms with Crippen LogP contribution in [0.25, 0.3) is 10.3 Å². The van der Waals surface area contributed by atoms with Crippen LogP contribution < -0.4 is 15.8 Å². The van der Waals surface area contributed by atoms with Gasteiger partial charge < -0.3 is 10.2 Å². The molecule has 0 bridgehead atoms. The van der Waals surface area contributed by atoms with E-state index in [9.17, 15) is 14.0 Å². The van der Waals surface area contributed by atoms with Crippen molar-refractivity contribution in [1.82, 2.24) is 14.5 Å². The fourth-order valence-corrected chi connectivity index (χ4v) is 5.38. The summed E-state index contributed by atoms with van der Waals surface area (Å²) in [5.74, 6) is -0.880. The lowest BCUT2D eigenvalue weighted by molar-refractivity contribution is -0.113. The number of aromatic nitrogens is 3. The number of thiazole rings is 1. The molecule has 1 aliphatic rings. The average Bonchev–Trinajstić information content (AvgIpc) is 3.22. The minimum atomic E-state index is -0.558. The molecule has 1 aromatic carbocycles. The molecule has 0 unspecified atom stereocenters. The van der Waals surface area contributed by atoms with Crippen molar-refractivity contribution >= 4 is 61.8 Å². The SMILES string of the molecule is C=CCn1c(SCC(=O)Nc2ccc(F)c(Cl)c2)nc2nc(N3CCCCC3)sc2c1=O. The number of hydrogen-bond acceptors (Lipinski definition) is 7. The van der Waals surface area contributed by atoms with Crippen LogP contribution in [0.2, 0.25) is 5.02 Å². The van der Waals surface area contributed by atoms with Crippen molar-refractivity contribution in [2.75, 3.05) is 29.1 Å². The fourth-order valence-electron chi connectivity index (χ4n) is 3.40. The first-order chi connectivity index (χ1) is 15.5. The first-order valence-electron chi connectivity index (χ1n) is 10.1. The van der Waals surface area contributed by atoms with Crippen LogP contribution in [-0.2, 0) is 11.3 Å². The molecule has 32 heavy (non-hydrogen) atoms. The molecule has 0 aliphatic carbocycles. The molecule has 1 N–H and O–H groups in total. The van der Waals surface area contributed by atoms with Gasteiger partial charge in [0.1, 0.15) is 10.5 Å². The maximum absolute atomic E-state index is 13.3. The van der Waals surface area contributed by atoms with Crippen LogP contribution in [0.15, 0.2) is 40.8 Å². The molecule has 2 aromatic heterocycles. The third-order valence-corrected chi connectivity index (χ3v) is 7.30. The monoisotopic (exact) mass is 493 g/mol. The summed E-state index contributed by atoms with van der Waals surface area (Å²) >= 11 is 8.25. The number of amides is 1. The average molecular weight is 494 g/mol. The molecule has 1 fully saturated rings. The number of piperidine rings is 1. The number of carbonyl (C=O) groups excluding carboxylic acids is 1. The van der Waals surface area contributed by atoms with E-state index in [-0.39, 0.29) is 28.8 Å². The van der Waals surface area contributed by atoms with E-state index in [0.717, 1.165) is 42.8 Å². The third-order valence-electron chi connectivity index (χ3n) is 4.94. The minimum absolute atomic E-state index is 0.00715. The Morgan fingerprint density at radius 2 is 2.09 bits per heavy atom. The standard InChI is InChI=1S/C21H21ClFN5O2S2/c1-2-8-28-19(30)17-18(25-20(32-17)27-9-4-3-5-10-27)26-21(28)31-12-16(29)24-13-6-7-15(23)14(22)11-13/h2,6-7,11H,1,3-5,8-10,12H2,(H,24,29). The number of benzene rings is 1. The van der Waals surface area contributed by atoms with Crippen LogP contribution in [0.4, 0.5) is 15.2 Å². The summed E-state index contributed by atoms with van der Waals surface area (Å²) in [7, 11) is 0. The maximum atomic E-state index is 13.3. The van der Waals surface area contributed by atoms with Gasteiger partial charge in [-0.1, -0.05) is 40.8 Å². The summed E-state index contributed by atoms with van der Waals surface area (Å²) in [6, 6.07) is 3.96. The van der Waals surface area contributed by atoms with Gasteiger partial charge >= 0.3 is 0 Å². The lowest BCUT2D eigenvalue weighted by Crippen LogP contribution is -2.29. The number of rotatable bonds is 7. The lowest BCUT2D eigenvalue weighted by atomic mass is 10.1. The van der Waals surface area contributed by atoms with E-state index in [4.69, 9.17) is 11.6 Å². The van der Waals surface area contributed by atoms with Crippen molar-refractivity contribution in [3.8, 4) is 0 Å². The predicted molar refractivity (Wildman–Crippen MR) is 129 cm³/mol. The van der Waals surface area contributed by atoms with Crippen molar-refractivity contribution in [2.24, 2.45) is 0 Å². The molecule has 0 atom stereocenters. The molecule has 168 valence electrons. The summed E-state index contributed by atoms with van der Waals surface area (Å²) in [6.45, 7) is 5.85. The van der Waals surface area contributed by atoms with E-state index in [1.807, 2.05) is 0 Å². The van der Waals surface area contributed by atoms with Crippen LogP contribution in [-0.4, -0.2) is 39.3 Å². The summed E-state index contributed by atoms with van der Waals surface area (Å²) in [6.07, 6.45) is 5.05. The highest BCUT2D eigenvalue weighted by Gasteiger charge is 2.20. The minimum Gasteiger partial charge on any atom is -0.348 e. The van der Waals surface area contributed by atoms with E-state index in [2.05, 4.69) is 26.8 Å². The highest BCUT2D eigenvalue weighted by Crippen LogP contribution is 2.29. The Balaban J connectivity index is 1.55. The number of hydrogen-bond donors (Lipinski definition) is 1. The Hall–Kier alpha value is -2.43. The van der Waals surface area contributed by atoms with Gasteiger partial charge in [0.15, 0.2) is 15.9 Å². The number of allylic oxidation sites excluding steroid dienone is 1. The van der Waals surface area contributed by atoms with Gasteiger partial charge in [-0.3, -0.25) is 14.2 Å². The molecule has 1 aliphatic heterocycles. The number of nitrogens with zero attached hydrogens (tertiary/aromatic N) is 4. The number of thioether (sulfide) groups is 1. The van der Waals surface area contributed by atoms with Crippen LogP contribution in [0, 0.1) is 5.82 Å². The van der Waals surface area contributed by atoms with E-state index >= 15 is 0 Å². The van der Waals surface area contributed by atoms with E-state index < -0.39 is 5.82 Å². The van der Waals surface area contributed by atoms with E-state index in [1.165, 1.54) is 40.5 Å². The number of halogens is 2. The molecule has 0 radical (unpaired) electrons. The molecule has 4 rings (SSSR count). The second-order valence-corrected chi connectivity index (χ2v) is 9.59. The van der Waals surface area contributed by atoms with Gasteiger partial charge in [0.05, 0.1) is 10.8 Å². The zero-order chi connectivity index (χ0) is 22.7. The van der Waals surface area contributed by atoms with Gasteiger partial charge in [-0.15, -0.1) is 6.58 Å². The second kappa shape index (κ2) is 10.0. The topological polar surface area (TPSA) is 80.1 Å². The summed E-state index contributed by atoms with van der Waals surface area (Å²) in [5.41, 5.74) is 0.595. The van der Waals surface area contributed by atoms with Gasteiger partial charge in [-0.05, 0) is 37.5 Å². The third kappa shape index (κ3) is 4.97. The summed E-state index contributed by atoms with van der Waals surface area (Å²) in [4.78, 5) is 36.9. The quantitative estimate of drug-likeness (QED) is 0.295. The van der Waals surface area contributed by atoms with Gasteiger partial charge in [-0.25, -0.2) is 9.37 Å². The first kappa shape index (κ1) is 22.8. The maximum Gasteiger partial charge on any atom is 0.274 e. The Labute approximate surface area is 197 Å². The van der Waals surface area contributed by atoms with Crippen molar-refractivity contribution in [3.63, 3.8) is 0 Å².